The monoisotopic (exact) mass is 281 g/mol. The van der Waals surface area contributed by atoms with Crippen LogP contribution in [0.3, 0.4) is 0 Å². The van der Waals surface area contributed by atoms with Gasteiger partial charge in [0, 0.05) is 5.69 Å². The highest BCUT2D eigenvalue weighted by atomic mass is 19.1. The Bertz CT molecular complexity index is 909. The molecule has 1 N–H and O–H groups in total. The third-order valence-corrected chi connectivity index (χ3v) is 3.15. The maximum Gasteiger partial charge on any atom is 0.337 e. The summed E-state index contributed by atoms with van der Waals surface area (Å²) in [6.07, 6.45) is 1.45. The number of fused-ring (bicyclic) bond motifs is 1. The molecule has 21 heavy (non-hydrogen) atoms. The van der Waals surface area contributed by atoms with Crippen LogP contribution in [0, 0.1) is 17.1 Å². The lowest BCUT2D eigenvalue weighted by molar-refractivity contribution is 0.0698. The van der Waals surface area contributed by atoms with Crippen molar-refractivity contribution in [1.29, 1.82) is 5.26 Å². The van der Waals surface area contributed by atoms with E-state index in [-0.39, 0.29) is 11.1 Å². The number of para-hydroxylation sites is 1. The molecule has 0 unspecified atom stereocenters. The number of halogens is 1. The molecule has 6 heteroatoms. The van der Waals surface area contributed by atoms with Gasteiger partial charge in [-0.25, -0.2) is 14.2 Å². The molecule has 0 aliphatic carbocycles. The van der Waals surface area contributed by atoms with Gasteiger partial charge >= 0.3 is 5.97 Å². The summed E-state index contributed by atoms with van der Waals surface area (Å²) in [7, 11) is 0. The van der Waals surface area contributed by atoms with Crippen LogP contribution in [0.2, 0.25) is 0 Å². The van der Waals surface area contributed by atoms with Crippen molar-refractivity contribution in [2.75, 3.05) is 0 Å². The van der Waals surface area contributed by atoms with Crippen molar-refractivity contribution in [3.8, 4) is 11.8 Å². The molecule has 3 aromatic rings. The smallest absolute Gasteiger partial charge is 0.337 e. The molecule has 0 bridgehead atoms. The highest BCUT2D eigenvalue weighted by Crippen LogP contribution is 2.23. The van der Waals surface area contributed by atoms with Crippen LogP contribution in [0.4, 0.5) is 4.39 Å². The van der Waals surface area contributed by atoms with Crippen molar-refractivity contribution >= 4 is 17.0 Å². The van der Waals surface area contributed by atoms with Gasteiger partial charge in [0.05, 0.1) is 22.2 Å². The van der Waals surface area contributed by atoms with Crippen LogP contribution >= 0.6 is 0 Å². The summed E-state index contributed by atoms with van der Waals surface area (Å²) in [5.74, 6) is -1.70. The number of nitrogens with zero attached hydrogens (tertiary/aromatic N) is 3. The van der Waals surface area contributed by atoms with Crippen LogP contribution < -0.4 is 0 Å². The highest BCUT2D eigenvalue weighted by Gasteiger charge is 2.15. The zero-order valence-electron chi connectivity index (χ0n) is 10.6. The van der Waals surface area contributed by atoms with Gasteiger partial charge in [-0.05, 0) is 30.3 Å². The second-order valence-corrected chi connectivity index (χ2v) is 4.37. The first-order valence-electron chi connectivity index (χ1n) is 6.01. The lowest BCUT2D eigenvalue weighted by atomic mass is 10.1. The molecule has 0 spiro atoms. The van der Waals surface area contributed by atoms with Crippen LogP contribution in [-0.2, 0) is 0 Å². The lowest BCUT2D eigenvalue weighted by Gasteiger charge is -2.07. The van der Waals surface area contributed by atoms with Crippen molar-refractivity contribution in [3.05, 3.63) is 59.7 Å². The summed E-state index contributed by atoms with van der Waals surface area (Å²) in [6, 6.07) is 10.5. The van der Waals surface area contributed by atoms with E-state index in [1.54, 1.807) is 18.2 Å². The minimum Gasteiger partial charge on any atom is -0.478 e. The van der Waals surface area contributed by atoms with Crippen LogP contribution in [-0.4, -0.2) is 20.6 Å². The second-order valence-electron chi connectivity index (χ2n) is 4.37. The number of rotatable bonds is 2. The third-order valence-electron chi connectivity index (χ3n) is 3.15. The first kappa shape index (κ1) is 12.8. The molecule has 3 rings (SSSR count). The fourth-order valence-corrected chi connectivity index (χ4v) is 2.18. The Hall–Kier alpha value is -3.20. The summed E-state index contributed by atoms with van der Waals surface area (Å²) in [6.45, 7) is 0. The average molecular weight is 281 g/mol. The third kappa shape index (κ3) is 2.01. The van der Waals surface area contributed by atoms with E-state index in [4.69, 9.17) is 5.26 Å². The van der Waals surface area contributed by atoms with E-state index in [1.807, 2.05) is 0 Å². The normalized spacial score (nSPS) is 10.5. The Morgan fingerprint density at radius 2 is 2.14 bits per heavy atom. The molecule has 1 heterocycles. The molecular weight excluding hydrogens is 273 g/mol. The SMILES string of the molecule is N#Cc1cc(-n2cnc3cccc(C(=O)O)c32)ccc1F. The standard InChI is InChI=1S/C15H8FN3O2/c16-12-5-4-10(6-9(12)7-17)19-8-18-13-3-1-2-11(14(13)19)15(20)21/h1-6,8H,(H,20,21). The second kappa shape index (κ2) is 4.72. The molecule has 2 aromatic carbocycles. The Labute approximate surface area is 118 Å². The summed E-state index contributed by atoms with van der Waals surface area (Å²) in [5.41, 5.74) is 1.37. The molecule has 5 nitrogen and oxygen atoms in total. The molecule has 0 radical (unpaired) electrons. The van der Waals surface area contributed by atoms with E-state index >= 15 is 0 Å². The van der Waals surface area contributed by atoms with E-state index in [0.717, 1.165) is 0 Å². The largest absolute Gasteiger partial charge is 0.478 e. The van der Waals surface area contributed by atoms with Gasteiger partial charge in [-0.2, -0.15) is 5.26 Å². The maximum absolute atomic E-state index is 13.4. The highest BCUT2D eigenvalue weighted by molar-refractivity contribution is 6.01. The quantitative estimate of drug-likeness (QED) is 0.783. The van der Waals surface area contributed by atoms with Crippen LogP contribution in [0.5, 0.6) is 0 Å². The van der Waals surface area contributed by atoms with Gasteiger partial charge in [0.1, 0.15) is 18.2 Å². The predicted octanol–water partition coefficient (Wildman–Crippen LogP) is 2.73. The molecular formula is C15H8FN3O2. The van der Waals surface area contributed by atoms with Gasteiger partial charge in [-0.3, -0.25) is 4.57 Å². The molecule has 0 aliphatic heterocycles. The molecule has 0 saturated heterocycles. The van der Waals surface area contributed by atoms with Gasteiger partial charge in [-0.1, -0.05) is 6.07 Å². The van der Waals surface area contributed by atoms with Crippen molar-refractivity contribution in [1.82, 2.24) is 9.55 Å². The van der Waals surface area contributed by atoms with Gasteiger partial charge in [0.15, 0.2) is 0 Å². The summed E-state index contributed by atoms with van der Waals surface area (Å²) in [4.78, 5) is 15.5. The summed E-state index contributed by atoms with van der Waals surface area (Å²) in [5, 5.41) is 18.2. The molecule has 0 aliphatic rings. The van der Waals surface area contributed by atoms with Gasteiger partial charge < -0.3 is 5.11 Å². The number of carboxylic acid groups (broad SMARTS) is 1. The van der Waals surface area contributed by atoms with E-state index in [1.165, 1.54) is 35.2 Å². The molecule has 1 aromatic heterocycles. The Balaban J connectivity index is 2.31. The Morgan fingerprint density at radius 3 is 2.86 bits per heavy atom. The number of carbonyl (C=O) groups is 1. The molecule has 0 fully saturated rings. The van der Waals surface area contributed by atoms with Gasteiger partial charge in [-0.15, -0.1) is 0 Å². The summed E-state index contributed by atoms with van der Waals surface area (Å²) < 4.78 is 14.9. The number of aromatic carboxylic acids is 1. The Morgan fingerprint density at radius 1 is 1.33 bits per heavy atom. The zero-order chi connectivity index (χ0) is 15.0. The molecule has 0 atom stereocenters. The van der Waals surface area contributed by atoms with Crippen molar-refractivity contribution < 1.29 is 14.3 Å². The number of hydrogen-bond acceptors (Lipinski definition) is 3. The van der Waals surface area contributed by atoms with E-state index in [0.29, 0.717) is 16.7 Å². The van der Waals surface area contributed by atoms with E-state index < -0.39 is 11.8 Å². The van der Waals surface area contributed by atoms with Crippen molar-refractivity contribution in [3.63, 3.8) is 0 Å². The van der Waals surface area contributed by atoms with E-state index in [2.05, 4.69) is 4.98 Å². The lowest BCUT2D eigenvalue weighted by Crippen LogP contribution is -2.02. The van der Waals surface area contributed by atoms with Crippen molar-refractivity contribution in [2.24, 2.45) is 0 Å². The van der Waals surface area contributed by atoms with E-state index in [9.17, 15) is 14.3 Å². The minimum atomic E-state index is -1.08. The fraction of sp³-hybridized carbons (Fsp3) is 0. The van der Waals surface area contributed by atoms with Gasteiger partial charge in [0.25, 0.3) is 0 Å². The van der Waals surface area contributed by atoms with Crippen LogP contribution in [0.15, 0.2) is 42.7 Å². The van der Waals surface area contributed by atoms with Crippen LogP contribution in [0.1, 0.15) is 15.9 Å². The van der Waals surface area contributed by atoms with Crippen LogP contribution in [0.25, 0.3) is 16.7 Å². The van der Waals surface area contributed by atoms with Crippen molar-refractivity contribution in [2.45, 2.75) is 0 Å². The predicted molar refractivity (Wildman–Crippen MR) is 72.7 cm³/mol. The average Bonchev–Trinajstić information content (AvgIpc) is 2.91. The number of hydrogen-bond donors (Lipinski definition) is 1. The summed E-state index contributed by atoms with van der Waals surface area (Å²) >= 11 is 0. The zero-order valence-corrected chi connectivity index (χ0v) is 10.6. The minimum absolute atomic E-state index is 0.0906. The number of benzene rings is 2. The number of imidazole rings is 1. The van der Waals surface area contributed by atoms with Gasteiger partial charge in [0.2, 0.25) is 0 Å². The molecule has 0 saturated carbocycles. The fourth-order valence-electron chi connectivity index (χ4n) is 2.18. The first-order chi connectivity index (χ1) is 10.1. The Kier molecular flexibility index (Phi) is 2.88. The number of aromatic nitrogens is 2. The number of carboxylic acids is 1. The molecule has 102 valence electrons. The number of nitriles is 1. The maximum atomic E-state index is 13.4. The topological polar surface area (TPSA) is 78.9 Å². The first-order valence-corrected chi connectivity index (χ1v) is 6.01. The molecule has 0 amide bonds.